The summed E-state index contributed by atoms with van der Waals surface area (Å²) in [6.07, 6.45) is 3.00. The van der Waals surface area contributed by atoms with E-state index in [9.17, 15) is 9.59 Å². The fourth-order valence-electron chi connectivity index (χ4n) is 4.61. The summed E-state index contributed by atoms with van der Waals surface area (Å²) in [6.45, 7) is 8.23. The zero-order chi connectivity index (χ0) is 16.0. The van der Waals surface area contributed by atoms with Gasteiger partial charge in [0.05, 0.1) is 17.5 Å². The van der Waals surface area contributed by atoms with E-state index in [0.717, 1.165) is 36.1 Å². The highest BCUT2D eigenvalue weighted by Crippen LogP contribution is 2.51. The molecule has 4 unspecified atom stereocenters. The van der Waals surface area contributed by atoms with E-state index in [2.05, 4.69) is 13.8 Å². The van der Waals surface area contributed by atoms with Gasteiger partial charge < -0.3 is 0 Å². The highest BCUT2D eigenvalue weighted by atomic mass is 16.2. The van der Waals surface area contributed by atoms with Crippen LogP contribution in [0.4, 0.5) is 5.69 Å². The summed E-state index contributed by atoms with van der Waals surface area (Å²) in [6, 6.07) is 5.93. The number of amides is 2. The number of rotatable bonds is 3. The van der Waals surface area contributed by atoms with Crippen LogP contribution in [0.1, 0.15) is 44.2 Å². The molecule has 2 fully saturated rings. The third-order valence-electron chi connectivity index (χ3n) is 5.73. The van der Waals surface area contributed by atoms with Gasteiger partial charge in [0.2, 0.25) is 11.8 Å². The first kappa shape index (κ1) is 15.3. The zero-order valence-electron chi connectivity index (χ0n) is 13.9. The van der Waals surface area contributed by atoms with Gasteiger partial charge >= 0.3 is 0 Å². The predicted molar refractivity (Wildman–Crippen MR) is 87.6 cm³/mol. The number of benzene rings is 1. The van der Waals surface area contributed by atoms with Crippen LogP contribution in [0, 0.1) is 37.5 Å². The van der Waals surface area contributed by atoms with Gasteiger partial charge in [-0.1, -0.05) is 44.9 Å². The van der Waals surface area contributed by atoms with Gasteiger partial charge in [0.25, 0.3) is 0 Å². The fourth-order valence-corrected chi connectivity index (χ4v) is 4.61. The summed E-state index contributed by atoms with van der Waals surface area (Å²) in [7, 11) is 0. The number of hydrogen-bond acceptors (Lipinski definition) is 2. The van der Waals surface area contributed by atoms with E-state index in [1.165, 1.54) is 4.90 Å². The average molecular weight is 299 g/mol. The first-order valence-corrected chi connectivity index (χ1v) is 8.45. The molecule has 22 heavy (non-hydrogen) atoms. The summed E-state index contributed by atoms with van der Waals surface area (Å²) in [5.74, 6) is 0.606. The largest absolute Gasteiger partial charge is 0.274 e. The maximum Gasteiger partial charge on any atom is 0.237 e. The highest BCUT2D eigenvalue weighted by Gasteiger charge is 2.58. The van der Waals surface area contributed by atoms with E-state index in [0.29, 0.717) is 11.8 Å². The monoisotopic (exact) mass is 299 g/mol. The maximum absolute atomic E-state index is 13.0. The van der Waals surface area contributed by atoms with Gasteiger partial charge in [0.15, 0.2) is 0 Å². The molecule has 0 N–H and O–H groups in total. The van der Waals surface area contributed by atoms with Crippen molar-refractivity contribution in [2.75, 3.05) is 4.90 Å². The van der Waals surface area contributed by atoms with Crippen LogP contribution in [-0.4, -0.2) is 11.8 Å². The lowest BCUT2D eigenvalue weighted by Gasteiger charge is -2.23. The number of fused-ring (bicyclic) bond motifs is 1. The molecule has 0 radical (unpaired) electrons. The van der Waals surface area contributed by atoms with Crippen molar-refractivity contribution in [3.05, 3.63) is 29.3 Å². The fraction of sp³-hybridized carbons (Fsp3) is 0.579. The summed E-state index contributed by atoms with van der Waals surface area (Å²) in [4.78, 5) is 27.6. The average Bonchev–Trinajstić information content (AvgIpc) is 2.98. The van der Waals surface area contributed by atoms with Crippen LogP contribution in [0.2, 0.25) is 0 Å². The van der Waals surface area contributed by atoms with E-state index < -0.39 is 0 Å². The van der Waals surface area contributed by atoms with Crippen LogP contribution in [0.15, 0.2) is 18.2 Å². The summed E-state index contributed by atoms with van der Waals surface area (Å²) < 4.78 is 0. The van der Waals surface area contributed by atoms with E-state index in [4.69, 9.17) is 0 Å². The molecule has 3 rings (SSSR count). The minimum absolute atomic E-state index is 0.0372. The Labute approximate surface area is 132 Å². The lowest BCUT2D eigenvalue weighted by atomic mass is 9.88. The lowest BCUT2D eigenvalue weighted by Crippen LogP contribution is -2.34. The van der Waals surface area contributed by atoms with Crippen molar-refractivity contribution in [1.82, 2.24) is 0 Å². The van der Waals surface area contributed by atoms with Crippen molar-refractivity contribution in [3.8, 4) is 0 Å². The number of para-hydroxylation sites is 1. The molecule has 3 heteroatoms. The second-order valence-electron chi connectivity index (χ2n) is 6.88. The Morgan fingerprint density at radius 2 is 1.41 bits per heavy atom. The molecule has 1 heterocycles. The molecule has 2 aliphatic rings. The number of anilines is 1. The number of hydrogen-bond donors (Lipinski definition) is 0. The molecule has 1 aromatic rings. The molecule has 0 aromatic heterocycles. The molecule has 4 atom stereocenters. The Hall–Kier alpha value is -1.64. The predicted octanol–water partition coefficient (Wildman–Crippen LogP) is 3.87. The van der Waals surface area contributed by atoms with E-state index in [1.807, 2.05) is 32.0 Å². The molecule has 2 amide bonds. The van der Waals surface area contributed by atoms with Crippen molar-refractivity contribution in [3.63, 3.8) is 0 Å². The van der Waals surface area contributed by atoms with Gasteiger partial charge in [-0.25, -0.2) is 4.90 Å². The molecule has 1 saturated carbocycles. The standard InChI is InChI=1S/C19H25NO2/c1-5-13-10-14(6-2)16-15(13)18(21)20(19(16)22)17-11(3)8-7-9-12(17)4/h7-9,13-16H,5-6,10H2,1-4H3. The minimum atomic E-state index is -0.0959. The molecule has 118 valence electrons. The van der Waals surface area contributed by atoms with E-state index >= 15 is 0 Å². The molecule has 1 aliphatic carbocycles. The number of nitrogens with zero attached hydrogens (tertiary/aromatic N) is 1. The number of aryl methyl sites for hydroxylation is 2. The molecule has 1 saturated heterocycles. The lowest BCUT2D eigenvalue weighted by molar-refractivity contribution is -0.123. The number of imide groups is 1. The second kappa shape index (κ2) is 5.53. The van der Waals surface area contributed by atoms with Crippen molar-refractivity contribution in [2.24, 2.45) is 23.7 Å². The quantitative estimate of drug-likeness (QED) is 0.795. The molecule has 3 nitrogen and oxygen atoms in total. The molecule has 1 aromatic carbocycles. The first-order valence-electron chi connectivity index (χ1n) is 8.45. The smallest absolute Gasteiger partial charge is 0.237 e. The van der Waals surface area contributed by atoms with Crippen LogP contribution < -0.4 is 4.90 Å². The summed E-state index contributed by atoms with van der Waals surface area (Å²) in [5, 5.41) is 0. The third-order valence-corrected chi connectivity index (χ3v) is 5.73. The van der Waals surface area contributed by atoms with Gasteiger partial charge in [-0.15, -0.1) is 0 Å². The van der Waals surface area contributed by atoms with E-state index in [1.54, 1.807) is 0 Å². The Morgan fingerprint density at radius 3 is 1.82 bits per heavy atom. The van der Waals surface area contributed by atoms with Crippen LogP contribution in [0.3, 0.4) is 0 Å². The molecule has 0 bridgehead atoms. The van der Waals surface area contributed by atoms with Gasteiger partial charge in [0.1, 0.15) is 0 Å². The Morgan fingerprint density at radius 1 is 0.955 bits per heavy atom. The summed E-state index contributed by atoms with van der Waals surface area (Å²) in [5.41, 5.74) is 2.82. The second-order valence-corrected chi connectivity index (χ2v) is 6.88. The maximum atomic E-state index is 13.0. The Kier molecular flexibility index (Phi) is 3.84. The highest BCUT2D eigenvalue weighted by molar-refractivity contribution is 6.23. The van der Waals surface area contributed by atoms with Crippen LogP contribution in [0.5, 0.6) is 0 Å². The molecular weight excluding hydrogens is 274 g/mol. The van der Waals surface area contributed by atoms with Gasteiger partial charge in [-0.3, -0.25) is 9.59 Å². The van der Waals surface area contributed by atoms with Gasteiger partial charge in [-0.2, -0.15) is 0 Å². The van der Waals surface area contributed by atoms with Crippen molar-refractivity contribution in [1.29, 1.82) is 0 Å². The minimum Gasteiger partial charge on any atom is -0.274 e. The number of carbonyl (C=O) groups is 2. The molecule has 1 aliphatic heterocycles. The van der Waals surface area contributed by atoms with Crippen LogP contribution in [-0.2, 0) is 9.59 Å². The first-order chi connectivity index (χ1) is 10.5. The normalized spacial score (nSPS) is 31.0. The van der Waals surface area contributed by atoms with Crippen LogP contribution >= 0.6 is 0 Å². The Bertz CT molecular complexity index is 574. The number of carbonyl (C=O) groups excluding carboxylic acids is 2. The molecular formula is C19H25NO2. The SMILES string of the molecule is CCC1CC(CC)C2C(=O)N(c3c(C)cccc3C)C(=O)C12. The summed E-state index contributed by atoms with van der Waals surface area (Å²) >= 11 is 0. The van der Waals surface area contributed by atoms with Gasteiger partial charge in [-0.05, 0) is 43.2 Å². The van der Waals surface area contributed by atoms with Crippen LogP contribution in [0.25, 0.3) is 0 Å². The zero-order valence-corrected chi connectivity index (χ0v) is 13.9. The van der Waals surface area contributed by atoms with Gasteiger partial charge in [0, 0.05) is 0 Å². The van der Waals surface area contributed by atoms with E-state index in [-0.39, 0.29) is 23.7 Å². The Balaban J connectivity index is 2.06. The van der Waals surface area contributed by atoms with Crippen molar-refractivity contribution in [2.45, 2.75) is 47.0 Å². The topological polar surface area (TPSA) is 37.4 Å². The third kappa shape index (κ3) is 2.02. The molecule has 0 spiro atoms. The van der Waals surface area contributed by atoms with Crippen molar-refractivity contribution >= 4 is 17.5 Å². The van der Waals surface area contributed by atoms with Crippen molar-refractivity contribution < 1.29 is 9.59 Å².